The number of fused-ring (bicyclic) bond motifs is 5. The first kappa shape index (κ1) is 22.7. The maximum atomic E-state index is 12.6. The number of rotatable bonds is 6. The first-order valence-electron chi connectivity index (χ1n) is 12.0. The van der Waals surface area contributed by atoms with Crippen LogP contribution in [0.1, 0.15) is 37.7 Å². The lowest BCUT2D eigenvalue weighted by Crippen LogP contribution is -2.55. The molecule has 2 aromatic rings. The molecule has 2 fully saturated rings. The van der Waals surface area contributed by atoms with E-state index in [1.165, 1.54) is 18.4 Å². The molecule has 3 aliphatic rings. The summed E-state index contributed by atoms with van der Waals surface area (Å²) >= 11 is 0. The van der Waals surface area contributed by atoms with E-state index in [1.54, 1.807) is 33.0 Å². The van der Waals surface area contributed by atoms with Crippen LogP contribution in [0.5, 0.6) is 5.75 Å². The van der Waals surface area contributed by atoms with Crippen molar-refractivity contribution in [3.63, 3.8) is 0 Å². The second-order valence-electron chi connectivity index (χ2n) is 9.29. The van der Waals surface area contributed by atoms with Crippen molar-refractivity contribution in [3.8, 4) is 16.9 Å². The lowest BCUT2D eigenvalue weighted by atomic mass is 9.71. The van der Waals surface area contributed by atoms with Gasteiger partial charge in [-0.1, -0.05) is 13.3 Å². The molecule has 4 unspecified atom stereocenters. The number of aliphatic imine (C=N–C) groups is 1. The molecular formula is C27H32N2O5. The van der Waals surface area contributed by atoms with Crippen molar-refractivity contribution >= 4 is 17.4 Å². The van der Waals surface area contributed by atoms with E-state index in [0.29, 0.717) is 11.5 Å². The highest BCUT2D eigenvalue weighted by molar-refractivity contribution is 6.06. The molecule has 5 rings (SSSR count). The number of hydrogen-bond acceptors (Lipinski definition) is 7. The van der Waals surface area contributed by atoms with Gasteiger partial charge >= 0.3 is 5.97 Å². The summed E-state index contributed by atoms with van der Waals surface area (Å²) in [5, 5.41) is 0. The summed E-state index contributed by atoms with van der Waals surface area (Å²) in [5.41, 5.74) is 6.03. The summed E-state index contributed by atoms with van der Waals surface area (Å²) < 4.78 is 21.6. The first-order chi connectivity index (χ1) is 16.6. The minimum atomic E-state index is -0.313. The molecule has 0 N–H and O–H groups in total. The van der Waals surface area contributed by atoms with Gasteiger partial charge in [0.05, 0.1) is 51.4 Å². The zero-order valence-electron chi connectivity index (χ0n) is 20.2. The van der Waals surface area contributed by atoms with Gasteiger partial charge in [-0.2, -0.15) is 0 Å². The summed E-state index contributed by atoms with van der Waals surface area (Å²) in [6, 6.07) is 6.23. The van der Waals surface area contributed by atoms with Crippen LogP contribution in [-0.2, 0) is 14.3 Å². The van der Waals surface area contributed by atoms with Crippen LogP contribution in [0.25, 0.3) is 11.1 Å². The SMILES string of the molecule is CCC1CN2CCC3C(=Nc4c(-c5ccoc5)ccc(OC)c43)C2CC1/C(=C\OC)C(=O)OC. The van der Waals surface area contributed by atoms with Crippen LogP contribution in [0, 0.1) is 11.8 Å². The van der Waals surface area contributed by atoms with E-state index in [2.05, 4.69) is 17.9 Å². The third-order valence-corrected chi connectivity index (χ3v) is 7.77. The number of piperidine rings is 2. The number of methoxy groups -OCH3 is 3. The van der Waals surface area contributed by atoms with Crippen molar-refractivity contribution in [2.45, 2.75) is 38.1 Å². The lowest BCUT2D eigenvalue weighted by Gasteiger charge is -2.48. The molecule has 1 aromatic carbocycles. The third-order valence-electron chi connectivity index (χ3n) is 7.77. The fourth-order valence-electron chi connectivity index (χ4n) is 6.14. The van der Waals surface area contributed by atoms with Gasteiger partial charge in [-0.15, -0.1) is 0 Å². The minimum absolute atomic E-state index is 0.0547. The quantitative estimate of drug-likeness (QED) is 0.342. The van der Waals surface area contributed by atoms with Gasteiger partial charge in [-0.05, 0) is 49.4 Å². The number of nitrogens with zero attached hydrogens (tertiary/aromatic N) is 2. The number of esters is 1. The number of furan rings is 1. The average Bonchev–Trinajstić information content (AvgIpc) is 3.54. The Morgan fingerprint density at radius 1 is 1.26 bits per heavy atom. The second kappa shape index (κ2) is 9.29. The van der Waals surface area contributed by atoms with E-state index in [-0.39, 0.29) is 23.8 Å². The molecule has 7 heteroatoms. The number of ether oxygens (including phenoxy) is 3. The van der Waals surface area contributed by atoms with E-state index in [9.17, 15) is 4.79 Å². The van der Waals surface area contributed by atoms with Gasteiger partial charge in [-0.3, -0.25) is 9.89 Å². The molecule has 4 heterocycles. The molecule has 0 bridgehead atoms. The summed E-state index contributed by atoms with van der Waals surface area (Å²) in [5.74, 6) is 1.19. The van der Waals surface area contributed by atoms with Gasteiger partial charge in [0, 0.05) is 40.9 Å². The van der Waals surface area contributed by atoms with E-state index in [4.69, 9.17) is 23.6 Å². The topological polar surface area (TPSA) is 73.5 Å². The van der Waals surface area contributed by atoms with Crippen LogP contribution in [0.15, 0.2) is 52.0 Å². The Kier molecular flexibility index (Phi) is 6.21. The number of carbonyl (C=O) groups is 1. The molecule has 0 saturated carbocycles. The Bertz CT molecular complexity index is 1120. The van der Waals surface area contributed by atoms with Crippen molar-refractivity contribution in [3.05, 3.63) is 48.1 Å². The Morgan fingerprint density at radius 2 is 2.12 bits per heavy atom. The van der Waals surface area contributed by atoms with Crippen LogP contribution < -0.4 is 4.74 Å². The van der Waals surface area contributed by atoms with E-state index in [1.807, 2.05) is 12.1 Å². The Hall–Kier alpha value is -3.06. The maximum absolute atomic E-state index is 12.6. The Labute approximate surface area is 200 Å². The molecule has 0 radical (unpaired) electrons. The maximum Gasteiger partial charge on any atom is 0.337 e. The van der Waals surface area contributed by atoms with Crippen molar-refractivity contribution in [1.82, 2.24) is 4.90 Å². The molecule has 0 spiro atoms. The van der Waals surface area contributed by atoms with E-state index >= 15 is 0 Å². The summed E-state index contributed by atoms with van der Waals surface area (Å²) in [4.78, 5) is 20.5. The zero-order valence-corrected chi connectivity index (χ0v) is 20.2. The number of hydrogen-bond donors (Lipinski definition) is 0. The predicted octanol–water partition coefficient (Wildman–Crippen LogP) is 4.95. The van der Waals surface area contributed by atoms with Crippen molar-refractivity contribution in [1.29, 1.82) is 0 Å². The molecule has 180 valence electrons. The van der Waals surface area contributed by atoms with Gasteiger partial charge in [0.15, 0.2) is 0 Å². The van der Waals surface area contributed by atoms with Crippen molar-refractivity contribution in [2.75, 3.05) is 34.4 Å². The molecule has 34 heavy (non-hydrogen) atoms. The minimum Gasteiger partial charge on any atom is -0.504 e. The molecule has 7 nitrogen and oxygen atoms in total. The normalized spacial score (nSPS) is 26.2. The lowest BCUT2D eigenvalue weighted by molar-refractivity contribution is -0.137. The van der Waals surface area contributed by atoms with E-state index < -0.39 is 0 Å². The molecular weight excluding hydrogens is 432 g/mol. The highest BCUT2D eigenvalue weighted by Gasteiger charge is 2.47. The Morgan fingerprint density at radius 3 is 2.79 bits per heavy atom. The summed E-state index contributed by atoms with van der Waals surface area (Å²) in [7, 11) is 4.73. The van der Waals surface area contributed by atoms with Gasteiger partial charge in [0.1, 0.15) is 5.75 Å². The molecule has 2 saturated heterocycles. The molecule has 0 amide bonds. The molecule has 4 atom stereocenters. The second-order valence-corrected chi connectivity index (χ2v) is 9.29. The molecule has 0 aliphatic carbocycles. The van der Waals surface area contributed by atoms with Gasteiger partial charge < -0.3 is 18.6 Å². The summed E-state index contributed by atoms with van der Waals surface area (Å²) in [6.07, 6.45) is 7.83. The van der Waals surface area contributed by atoms with Crippen molar-refractivity contribution in [2.24, 2.45) is 16.8 Å². The predicted molar refractivity (Wildman–Crippen MR) is 130 cm³/mol. The smallest absolute Gasteiger partial charge is 0.337 e. The third kappa shape index (κ3) is 3.63. The fourth-order valence-corrected chi connectivity index (χ4v) is 6.14. The van der Waals surface area contributed by atoms with Crippen LogP contribution in [-0.4, -0.2) is 57.0 Å². The largest absolute Gasteiger partial charge is 0.504 e. The standard InChI is InChI=1S/C27H32N2O5/c1-5-16-13-29-10-8-19-24-23(32-3)7-6-18(17-9-11-34-14-17)26(24)28-25(19)22(29)12-20(16)21(15-31-2)27(30)33-4/h6-7,9,11,14-16,19-20,22H,5,8,10,12-13H2,1-4H3/b21-15+. The fraction of sp³-hybridized carbons (Fsp3) is 0.481. The zero-order chi connectivity index (χ0) is 23.8. The number of carbonyl (C=O) groups excluding carboxylic acids is 1. The molecule has 3 aliphatic heterocycles. The Balaban J connectivity index is 1.55. The summed E-state index contributed by atoms with van der Waals surface area (Å²) in [6.45, 7) is 4.12. The van der Waals surface area contributed by atoms with Crippen LogP contribution >= 0.6 is 0 Å². The average molecular weight is 465 g/mol. The van der Waals surface area contributed by atoms with Crippen LogP contribution in [0.3, 0.4) is 0 Å². The van der Waals surface area contributed by atoms with Gasteiger partial charge in [0.25, 0.3) is 0 Å². The van der Waals surface area contributed by atoms with Crippen LogP contribution in [0.4, 0.5) is 5.69 Å². The number of benzene rings is 1. The van der Waals surface area contributed by atoms with Gasteiger partial charge in [-0.25, -0.2) is 4.79 Å². The highest BCUT2D eigenvalue weighted by atomic mass is 16.5. The van der Waals surface area contributed by atoms with E-state index in [0.717, 1.165) is 54.9 Å². The monoisotopic (exact) mass is 464 g/mol. The van der Waals surface area contributed by atoms with Crippen LogP contribution in [0.2, 0.25) is 0 Å². The van der Waals surface area contributed by atoms with Gasteiger partial charge in [0.2, 0.25) is 0 Å². The molecule has 1 aromatic heterocycles. The van der Waals surface area contributed by atoms with Crippen molar-refractivity contribution < 1.29 is 23.4 Å². The highest BCUT2D eigenvalue weighted by Crippen LogP contribution is 2.52. The first-order valence-corrected chi connectivity index (χ1v) is 12.0.